The minimum atomic E-state index is -1.07. The number of aromatic amines is 1. The van der Waals surface area contributed by atoms with Crippen molar-refractivity contribution in [1.29, 1.82) is 0 Å². The van der Waals surface area contributed by atoms with E-state index in [0.717, 1.165) is 0 Å². The maximum Gasteiger partial charge on any atom is 0.320 e. The molecule has 1 heterocycles. The number of aromatic nitrogens is 1. The molecule has 1 aromatic heterocycles. The molecule has 5 nitrogen and oxygen atoms in total. The second-order valence-electron chi connectivity index (χ2n) is 2.71. The number of hydrogen-bond donors (Lipinski definition) is 3. The number of carboxylic acids is 1. The minimum absolute atomic E-state index is 0.166. The number of H-pyrrole nitrogens is 1. The Morgan fingerprint density at radius 1 is 1.69 bits per heavy atom. The van der Waals surface area contributed by atoms with Crippen LogP contribution in [0.15, 0.2) is 23.1 Å². The van der Waals surface area contributed by atoms with Crippen molar-refractivity contribution in [2.45, 2.75) is 12.5 Å². The van der Waals surface area contributed by atoms with Gasteiger partial charge in [0.15, 0.2) is 0 Å². The van der Waals surface area contributed by atoms with E-state index in [2.05, 4.69) is 4.98 Å². The van der Waals surface area contributed by atoms with Gasteiger partial charge < -0.3 is 15.8 Å². The van der Waals surface area contributed by atoms with Gasteiger partial charge in [-0.05, 0) is 18.1 Å². The van der Waals surface area contributed by atoms with Gasteiger partial charge in [-0.15, -0.1) is 0 Å². The van der Waals surface area contributed by atoms with Crippen LogP contribution in [0.2, 0.25) is 0 Å². The number of carbonyl (C=O) groups is 1. The van der Waals surface area contributed by atoms with Gasteiger partial charge in [-0.2, -0.15) is 0 Å². The SMILES string of the molecule is N[C@@H](Cc1cc[nH]c(=O)c1)C(=O)O. The van der Waals surface area contributed by atoms with Gasteiger partial charge in [0.2, 0.25) is 5.56 Å². The summed E-state index contributed by atoms with van der Waals surface area (Å²) in [6, 6.07) is 2.01. The summed E-state index contributed by atoms with van der Waals surface area (Å²) in [5, 5.41) is 8.50. The summed E-state index contributed by atoms with van der Waals surface area (Å²) in [6.07, 6.45) is 1.63. The number of carboxylic acid groups (broad SMARTS) is 1. The first-order valence-electron chi connectivity index (χ1n) is 3.75. The minimum Gasteiger partial charge on any atom is -0.480 e. The van der Waals surface area contributed by atoms with Gasteiger partial charge in [-0.25, -0.2) is 0 Å². The molecule has 0 saturated heterocycles. The van der Waals surface area contributed by atoms with Gasteiger partial charge in [0.05, 0.1) is 0 Å². The Morgan fingerprint density at radius 2 is 2.38 bits per heavy atom. The molecule has 13 heavy (non-hydrogen) atoms. The Balaban J connectivity index is 2.75. The lowest BCUT2D eigenvalue weighted by Gasteiger charge is -2.04. The predicted molar refractivity (Wildman–Crippen MR) is 46.4 cm³/mol. The van der Waals surface area contributed by atoms with E-state index in [1.165, 1.54) is 12.3 Å². The van der Waals surface area contributed by atoms with Crippen LogP contribution in [-0.2, 0) is 11.2 Å². The third-order valence-corrected chi connectivity index (χ3v) is 1.61. The summed E-state index contributed by atoms with van der Waals surface area (Å²) in [7, 11) is 0. The zero-order valence-corrected chi connectivity index (χ0v) is 6.86. The van der Waals surface area contributed by atoms with Crippen molar-refractivity contribution in [3.63, 3.8) is 0 Å². The monoisotopic (exact) mass is 182 g/mol. The summed E-state index contributed by atoms with van der Waals surface area (Å²) in [5.74, 6) is -1.07. The van der Waals surface area contributed by atoms with Crippen LogP contribution < -0.4 is 11.3 Å². The quantitative estimate of drug-likeness (QED) is 0.577. The summed E-state index contributed by atoms with van der Waals surface area (Å²) < 4.78 is 0. The van der Waals surface area contributed by atoms with Crippen LogP contribution in [0.25, 0.3) is 0 Å². The molecule has 1 aromatic rings. The van der Waals surface area contributed by atoms with Crippen LogP contribution in [-0.4, -0.2) is 22.1 Å². The van der Waals surface area contributed by atoms with Gasteiger partial charge in [0.1, 0.15) is 6.04 Å². The summed E-state index contributed by atoms with van der Waals surface area (Å²) >= 11 is 0. The lowest BCUT2D eigenvalue weighted by atomic mass is 10.1. The Bertz CT molecular complexity index is 358. The first-order valence-corrected chi connectivity index (χ1v) is 3.75. The molecular formula is C8H10N2O3. The fraction of sp³-hybridized carbons (Fsp3) is 0.250. The molecule has 0 aromatic carbocycles. The van der Waals surface area contributed by atoms with Crippen molar-refractivity contribution >= 4 is 5.97 Å². The highest BCUT2D eigenvalue weighted by Gasteiger charge is 2.11. The second kappa shape index (κ2) is 3.86. The third-order valence-electron chi connectivity index (χ3n) is 1.61. The topological polar surface area (TPSA) is 96.2 Å². The Kier molecular flexibility index (Phi) is 2.81. The Labute approximate surface area is 74.2 Å². The smallest absolute Gasteiger partial charge is 0.320 e. The molecule has 1 atom stereocenters. The van der Waals surface area contributed by atoms with E-state index in [4.69, 9.17) is 10.8 Å². The fourth-order valence-electron chi connectivity index (χ4n) is 0.957. The van der Waals surface area contributed by atoms with E-state index in [1.807, 2.05) is 0 Å². The molecule has 4 N–H and O–H groups in total. The number of nitrogens with one attached hydrogen (secondary N) is 1. The molecule has 0 spiro atoms. The highest BCUT2D eigenvalue weighted by molar-refractivity contribution is 5.73. The van der Waals surface area contributed by atoms with E-state index >= 15 is 0 Å². The largest absolute Gasteiger partial charge is 0.480 e. The molecule has 0 saturated carbocycles. The van der Waals surface area contributed by atoms with Crippen LogP contribution in [0.3, 0.4) is 0 Å². The van der Waals surface area contributed by atoms with E-state index in [1.54, 1.807) is 6.07 Å². The van der Waals surface area contributed by atoms with Crippen LogP contribution in [0.1, 0.15) is 5.56 Å². The van der Waals surface area contributed by atoms with Crippen LogP contribution in [0, 0.1) is 0 Å². The van der Waals surface area contributed by atoms with Gasteiger partial charge in [0, 0.05) is 12.3 Å². The van der Waals surface area contributed by atoms with Crippen LogP contribution in [0.4, 0.5) is 0 Å². The molecule has 0 fully saturated rings. The zero-order valence-electron chi connectivity index (χ0n) is 6.86. The maximum absolute atomic E-state index is 10.8. The second-order valence-corrected chi connectivity index (χ2v) is 2.71. The van der Waals surface area contributed by atoms with Crippen molar-refractivity contribution < 1.29 is 9.90 Å². The molecule has 0 aliphatic carbocycles. The first kappa shape index (κ1) is 9.47. The summed E-state index contributed by atoms with van der Waals surface area (Å²) in [4.78, 5) is 23.6. The predicted octanol–water partition coefficient (Wildman–Crippen LogP) is -0.671. The van der Waals surface area contributed by atoms with Gasteiger partial charge in [0.25, 0.3) is 0 Å². The molecule has 1 rings (SSSR count). The molecule has 0 bridgehead atoms. The van der Waals surface area contributed by atoms with Crippen LogP contribution in [0.5, 0.6) is 0 Å². The van der Waals surface area contributed by atoms with Gasteiger partial charge >= 0.3 is 5.97 Å². The maximum atomic E-state index is 10.8. The van der Waals surface area contributed by atoms with E-state index < -0.39 is 12.0 Å². The zero-order chi connectivity index (χ0) is 9.84. The first-order chi connectivity index (χ1) is 6.09. The van der Waals surface area contributed by atoms with E-state index in [-0.39, 0.29) is 12.0 Å². The lowest BCUT2D eigenvalue weighted by Crippen LogP contribution is -2.32. The van der Waals surface area contributed by atoms with E-state index in [9.17, 15) is 9.59 Å². The fourth-order valence-corrected chi connectivity index (χ4v) is 0.957. The van der Waals surface area contributed by atoms with Crippen molar-refractivity contribution in [3.8, 4) is 0 Å². The number of hydrogen-bond acceptors (Lipinski definition) is 3. The average Bonchev–Trinajstić information content (AvgIpc) is 2.04. The summed E-state index contributed by atoms with van der Waals surface area (Å²) in [5.41, 5.74) is 5.66. The van der Waals surface area contributed by atoms with Crippen molar-refractivity contribution in [2.24, 2.45) is 5.73 Å². The van der Waals surface area contributed by atoms with Crippen molar-refractivity contribution in [1.82, 2.24) is 4.98 Å². The molecule has 0 aliphatic rings. The molecule has 0 unspecified atom stereocenters. The van der Waals surface area contributed by atoms with Gasteiger partial charge in [-0.3, -0.25) is 9.59 Å². The molecule has 0 aliphatic heterocycles. The molecule has 0 radical (unpaired) electrons. The molecule has 0 amide bonds. The van der Waals surface area contributed by atoms with Crippen molar-refractivity contribution in [3.05, 3.63) is 34.2 Å². The Hall–Kier alpha value is -1.62. The number of pyridine rings is 1. The lowest BCUT2D eigenvalue weighted by molar-refractivity contribution is -0.138. The van der Waals surface area contributed by atoms with Gasteiger partial charge in [-0.1, -0.05) is 0 Å². The average molecular weight is 182 g/mol. The molecule has 5 heteroatoms. The summed E-state index contributed by atoms with van der Waals surface area (Å²) in [6.45, 7) is 0. The number of aliphatic carboxylic acids is 1. The molecule has 70 valence electrons. The van der Waals surface area contributed by atoms with Crippen molar-refractivity contribution in [2.75, 3.05) is 0 Å². The normalized spacial score (nSPS) is 12.4. The standard InChI is InChI=1S/C8H10N2O3/c9-6(8(12)13)3-5-1-2-10-7(11)4-5/h1-2,4,6H,3,9H2,(H,10,11)(H,12,13)/t6-/m0/s1. The van der Waals surface area contributed by atoms with E-state index in [0.29, 0.717) is 5.56 Å². The number of rotatable bonds is 3. The highest BCUT2D eigenvalue weighted by Crippen LogP contribution is 1.97. The third kappa shape index (κ3) is 2.72. The Morgan fingerprint density at radius 3 is 2.92 bits per heavy atom. The van der Waals surface area contributed by atoms with Crippen LogP contribution >= 0.6 is 0 Å². The molecular weight excluding hydrogens is 172 g/mol. The highest BCUT2D eigenvalue weighted by atomic mass is 16.4. The number of nitrogens with two attached hydrogens (primary N) is 1.